The van der Waals surface area contributed by atoms with Crippen LogP contribution in [0.3, 0.4) is 0 Å². The van der Waals surface area contributed by atoms with Gasteiger partial charge in [-0.3, -0.25) is 0 Å². The van der Waals surface area contributed by atoms with Crippen molar-refractivity contribution in [1.82, 2.24) is 4.98 Å². The normalized spacial score (nSPS) is 11.5. The molecule has 0 amide bonds. The first-order valence-corrected chi connectivity index (χ1v) is 9.24. The third-order valence-electron chi connectivity index (χ3n) is 3.29. The average Bonchev–Trinajstić information content (AvgIpc) is 2.88. The van der Waals surface area contributed by atoms with E-state index in [1.165, 1.54) is 22.7 Å². The average molecular weight is 340 g/mol. The SMILES string of the molecule is CCOc1cc(C)c(S(=O)(=O)N(C)c2nc(C)cs2)cc1C. The molecule has 2 rings (SSSR count). The zero-order valence-electron chi connectivity index (χ0n) is 13.4. The second-order valence-corrected chi connectivity index (χ2v) is 7.83. The van der Waals surface area contributed by atoms with Crippen molar-refractivity contribution >= 4 is 26.5 Å². The monoisotopic (exact) mass is 340 g/mol. The van der Waals surface area contributed by atoms with Crippen molar-refractivity contribution in [2.75, 3.05) is 18.0 Å². The van der Waals surface area contributed by atoms with Crippen molar-refractivity contribution in [3.8, 4) is 5.75 Å². The summed E-state index contributed by atoms with van der Waals surface area (Å²) < 4.78 is 32.4. The summed E-state index contributed by atoms with van der Waals surface area (Å²) in [6.45, 7) is 7.90. The van der Waals surface area contributed by atoms with Crippen LogP contribution < -0.4 is 9.04 Å². The molecule has 0 saturated heterocycles. The van der Waals surface area contributed by atoms with E-state index in [2.05, 4.69) is 4.98 Å². The predicted molar refractivity (Wildman–Crippen MR) is 89.5 cm³/mol. The topological polar surface area (TPSA) is 59.5 Å². The van der Waals surface area contributed by atoms with Gasteiger partial charge in [0.15, 0.2) is 5.13 Å². The fourth-order valence-electron chi connectivity index (χ4n) is 2.09. The molecule has 0 aliphatic carbocycles. The van der Waals surface area contributed by atoms with E-state index in [-0.39, 0.29) is 4.90 Å². The van der Waals surface area contributed by atoms with E-state index in [1.54, 1.807) is 19.1 Å². The Balaban J connectivity index is 2.47. The van der Waals surface area contributed by atoms with Crippen LogP contribution in [0.2, 0.25) is 0 Å². The Morgan fingerprint density at radius 1 is 1.23 bits per heavy atom. The van der Waals surface area contributed by atoms with Crippen LogP contribution in [-0.4, -0.2) is 27.1 Å². The molecule has 0 aliphatic rings. The van der Waals surface area contributed by atoms with Gasteiger partial charge in [0.25, 0.3) is 10.0 Å². The molecule has 0 N–H and O–H groups in total. The molecule has 1 aromatic carbocycles. The van der Waals surface area contributed by atoms with Crippen molar-refractivity contribution in [3.05, 3.63) is 34.3 Å². The molecule has 0 saturated carbocycles. The smallest absolute Gasteiger partial charge is 0.266 e. The van der Waals surface area contributed by atoms with Gasteiger partial charge in [0.05, 0.1) is 17.2 Å². The Labute approximate surface area is 135 Å². The van der Waals surface area contributed by atoms with Gasteiger partial charge in [0.2, 0.25) is 0 Å². The van der Waals surface area contributed by atoms with Crippen molar-refractivity contribution < 1.29 is 13.2 Å². The van der Waals surface area contributed by atoms with E-state index in [0.717, 1.165) is 11.3 Å². The Hall–Kier alpha value is -1.60. The summed E-state index contributed by atoms with van der Waals surface area (Å²) in [5.41, 5.74) is 2.27. The number of sulfonamides is 1. The lowest BCUT2D eigenvalue weighted by molar-refractivity contribution is 0.337. The number of rotatable bonds is 5. The van der Waals surface area contributed by atoms with Crippen LogP contribution in [0.25, 0.3) is 0 Å². The maximum absolute atomic E-state index is 12.8. The molecule has 120 valence electrons. The zero-order chi connectivity index (χ0) is 16.5. The van der Waals surface area contributed by atoms with Crippen LogP contribution in [0, 0.1) is 20.8 Å². The third kappa shape index (κ3) is 3.10. The highest BCUT2D eigenvalue weighted by Crippen LogP contribution is 2.30. The molecular weight excluding hydrogens is 320 g/mol. The Morgan fingerprint density at radius 3 is 2.45 bits per heavy atom. The number of ether oxygens (including phenoxy) is 1. The van der Waals surface area contributed by atoms with E-state index in [0.29, 0.717) is 23.1 Å². The minimum absolute atomic E-state index is 0.281. The van der Waals surface area contributed by atoms with Crippen molar-refractivity contribution in [2.24, 2.45) is 0 Å². The lowest BCUT2D eigenvalue weighted by Gasteiger charge is -2.19. The standard InChI is InChI=1S/C15H20N2O3S2/c1-6-20-13-7-11(3)14(8-10(13)2)22(18,19)17(5)15-16-12(4)9-21-15/h7-9H,6H2,1-5H3. The summed E-state index contributed by atoms with van der Waals surface area (Å²) in [6.07, 6.45) is 0. The van der Waals surface area contributed by atoms with E-state index < -0.39 is 10.0 Å². The van der Waals surface area contributed by atoms with Gasteiger partial charge in [-0.1, -0.05) is 0 Å². The molecule has 1 heterocycles. The molecule has 2 aromatic rings. The van der Waals surface area contributed by atoms with Crippen molar-refractivity contribution in [2.45, 2.75) is 32.6 Å². The fraction of sp³-hybridized carbons (Fsp3) is 0.400. The first kappa shape index (κ1) is 16.8. The summed E-state index contributed by atoms with van der Waals surface area (Å²) in [6, 6.07) is 3.43. The largest absolute Gasteiger partial charge is 0.494 e. The molecule has 0 spiro atoms. The Morgan fingerprint density at radius 2 is 1.91 bits per heavy atom. The van der Waals surface area contributed by atoms with Crippen LogP contribution in [0.5, 0.6) is 5.75 Å². The van der Waals surface area contributed by atoms with Crippen LogP contribution in [0.1, 0.15) is 23.7 Å². The number of anilines is 1. The third-order valence-corrected chi connectivity index (χ3v) is 6.33. The van der Waals surface area contributed by atoms with Crippen molar-refractivity contribution in [1.29, 1.82) is 0 Å². The summed E-state index contributed by atoms with van der Waals surface area (Å²) in [4.78, 5) is 4.52. The van der Waals surface area contributed by atoms with Gasteiger partial charge in [0.1, 0.15) is 5.75 Å². The van der Waals surface area contributed by atoms with Crippen molar-refractivity contribution in [3.63, 3.8) is 0 Å². The first-order valence-electron chi connectivity index (χ1n) is 6.92. The van der Waals surface area contributed by atoms with Gasteiger partial charge in [0, 0.05) is 12.4 Å². The number of aryl methyl sites for hydroxylation is 3. The number of hydrogen-bond donors (Lipinski definition) is 0. The fourth-order valence-corrected chi connectivity index (χ4v) is 4.52. The molecule has 0 radical (unpaired) electrons. The molecule has 22 heavy (non-hydrogen) atoms. The summed E-state index contributed by atoms with van der Waals surface area (Å²) in [5, 5.41) is 2.29. The highest BCUT2D eigenvalue weighted by atomic mass is 32.2. The molecule has 0 aliphatic heterocycles. The van der Waals surface area contributed by atoms with Gasteiger partial charge in [-0.15, -0.1) is 11.3 Å². The van der Waals surface area contributed by atoms with Gasteiger partial charge in [-0.2, -0.15) is 0 Å². The molecule has 0 unspecified atom stereocenters. The number of aromatic nitrogens is 1. The Kier molecular flexibility index (Phi) is 4.77. The molecule has 5 nitrogen and oxygen atoms in total. The van der Waals surface area contributed by atoms with E-state index >= 15 is 0 Å². The molecule has 0 bridgehead atoms. The van der Waals surface area contributed by atoms with E-state index in [1.807, 2.05) is 26.2 Å². The number of hydrogen-bond acceptors (Lipinski definition) is 5. The minimum atomic E-state index is -3.64. The van der Waals surface area contributed by atoms with Crippen LogP contribution in [0.4, 0.5) is 5.13 Å². The van der Waals surface area contributed by atoms with Crippen LogP contribution in [-0.2, 0) is 10.0 Å². The van der Waals surface area contributed by atoms with Gasteiger partial charge in [-0.05, 0) is 51.0 Å². The number of benzene rings is 1. The maximum atomic E-state index is 12.8. The van der Waals surface area contributed by atoms with Crippen LogP contribution >= 0.6 is 11.3 Å². The summed E-state index contributed by atoms with van der Waals surface area (Å²) in [5.74, 6) is 0.715. The van der Waals surface area contributed by atoms with Crippen LogP contribution in [0.15, 0.2) is 22.4 Å². The Bertz CT molecular complexity index is 782. The summed E-state index contributed by atoms with van der Waals surface area (Å²) in [7, 11) is -2.11. The maximum Gasteiger partial charge on any atom is 0.266 e. The zero-order valence-corrected chi connectivity index (χ0v) is 15.0. The van der Waals surface area contributed by atoms with Gasteiger partial charge in [-0.25, -0.2) is 17.7 Å². The molecule has 0 atom stereocenters. The number of thiazole rings is 1. The molecule has 7 heteroatoms. The molecular formula is C15H20N2O3S2. The summed E-state index contributed by atoms with van der Waals surface area (Å²) >= 11 is 1.31. The minimum Gasteiger partial charge on any atom is -0.494 e. The first-order chi connectivity index (χ1) is 10.3. The van der Waals surface area contributed by atoms with E-state index in [4.69, 9.17) is 4.74 Å². The highest BCUT2D eigenvalue weighted by molar-refractivity contribution is 7.93. The lowest BCUT2D eigenvalue weighted by atomic mass is 10.1. The lowest BCUT2D eigenvalue weighted by Crippen LogP contribution is -2.27. The second-order valence-electron chi connectivity index (χ2n) is 5.06. The van der Waals surface area contributed by atoms with Gasteiger partial charge >= 0.3 is 0 Å². The quantitative estimate of drug-likeness (QED) is 0.838. The highest BCUT2D eigenvalue weighted by Gasteiger charge is 2.26. The molecule has 1 aromatic heterocycles. The van der Waals surface area contributed by atoms with Gasteiger partial charge < -0.3 is 4.74 Å². The van der Waals surface area contributed by atoms with E-state index in [9.17, 15) is 8.42 Å². The molecule has 0 fully saturated rings. The second kappa shape index (κ2) is 6.26. The number of nitrogens with zero attached hydrogens (tertiary/aromatic N) is 2. The predicted octanol–water partition coefficient (Wildman–Crippen LogP) is 3.29.